The number of carbonyl (C=O) groups excluding carboxylic acids is 1. The van der Waals surface area contributed by atoms with Gasteiger partial charge in [-0.1, -0.05) is 54.1 Å². The number of anilines is 1. The summed E-state index contributed by atoms with van der Waals surface area (Å²) in [5.41, 5.74) is 1.44. The number of ketones is 1. The fourth-order valence-electron chi connectivity index (χ4n) is 1.48. The largest absolute Gasteiger partial charge is 0.360 e. The number of carbonyl (C=O) groups is 1. The van der Waals surface area contributed by atoms with Crippen LogP contribution >= 0.6 is 11.6 Å². The van der Waals surface area contributed by atoms with E-state index in [0.717, 1.165) is 5.69 Å². The van der Waals surface area contributed by atoms with Crippen LogP contribution in [0.3, 0.4) is 0 Å². The highest BCUT2D eigenvalue weighted by Crippen LogP contribution is 2.20. The van der Waals surface area contributed by atoms with Crippen molar-refractivity contribution in [1.82, 2.24) is 0 Å². The molecule has 2 nitrogen and oxygen atoms in total. The highest BCUT2D eigenvalue weighted by Gasteiger charge is 1.99. The zero-order valence-electron chi connectivity index (χ0n) is 9.64. The molecular weight excluding hydrogens is 246 g/mol. The predicted molar refractivity (Wildman–Crippen MR) is 75.0 cm³/mol. The smallest absolute Gasteiger partial charge is 0.187 e. The van der Waals surface area contributed by atoms with E-state index >= 15 is 0 Å². The van der Waals surface area contributed by atoms with Crippen LogP contribution < -0.4 is 5.32 Å². The zero-order chi connectivity index (χ0) is 12.8. The average Bonchev–Trinajstić information content (AvgIpc) is 2.42. The average molecular weight is 258 g/mol. The molecule has 0 unspecified atom stereocenters. The van der Waals surface area contributed by atoms with Crippen LogP contribution in [0.5, 0.6) is 0 Å². The number of hydrogen-bond donors (Lipinski definition) is 1. The Morgan fingerprint density at radius 3 is 2.39 bits per heavy atom. The maximum Gasteiger partial charge on any atom is 0.187 e. The van der Waals surface area contributed by atoms with Crippen LogP contribution in [0, 0.1) is 0 Å². The first-order valence-electron chi connectivity index (χ1n) is 5.54. The molecular formula is C15H12ClNO. The molecule has 2 rings (SSSR count). The molecule has 0 aliphatic carbocycles. The van der Waals surface area contributed by atoms with Crippen LogP contribution in [-0.2, 0) is 0 Å². The van der Waals surface area contributed by atoms with Gasteiger partial charge in [-0.2, -0.15) is 0 Å². The Balaban J connectivity index is 2.01. The van der Waals surface area contributed by atoms with Gasteiger partial charge in [-0.15, -0.1) is 0 Å². The monoisotopic (exact) mass is 257 g/mol. The molecule has 0 aliphatic heterocycles. The quantitative estimate of drug-likeness (QED) is 0.659. The molecule has 2 aromatic carbocycles. The van der Waals surface area contributed by atoms with Crippen molar-refractivity contribution in [3.63, 3.8) is 0 Å². The van der Waals surface area contributed by atoms with Crippen molar-refractivity contribution in [2.45, 2.75) is 0 Å². The van der Waals surface area contributed by atoms with E-state index in [1.165, 1.54) is 6.08 Å². The zero-order valence-corrected chi connectivity index (χ0v) is 10.4. The molecule has 90 valence electrons. The summed E-state index contributed by atoms with van der Waals surface area (Å²) in [6.45, 7) is 0. The van der Waals surface area contributed by atoms with Gasteiger partial charge in [0.05, 0.1) is 10.7 Å². The molecule has 0 amide bonds. The molecule has 0 heterocycles. The van der Waals surface area contributed by atoms with Gasteiger partial charge in [0, 0.05) is 17.8 Å². The summed E-state index contributed by atoms with van der Waals surface area (Å²) in [6, 6.07) is 16.5. The summed E-state index contributed by atoms with van der Waals surface area (Å²) in [6.07, 6.45) is 3.08. The molecule has 0 aliphatic rings. The summed E-state index contributed by atoms with van der Waals surface area (Å²) in [4.78, 5) is 11.8. The molecule has 0 aromatic heterocycles. The van der Waals surface area contributed by atoms with Crippen molar-refractivity contribution in [2.75, 3.05) is 5.32 Å². The van der Waals surface area contributed by atoms with Gasteiger partial charge in [0.25, 0.3) is 0 Å². The van der Waals surface area contributed by atoms with E-state index in [4.69, 9.17) is 11.6 Å². The third-order valence-electron chi connectivity index (χ3n) is 2.41. The molecule has 0 saturated heterocycles. The molecule has 0 atom stereocenters. The number of benzene rings is 2. The molecule has 0 radical (unpaired) electrons. The van der Waals surface area contributed by atoms with E-state index in [0.29, 0.717) is 10.6 Å². The standard InChI is InChI=1S/C15H12ClNO/c16-13-8-4-5-9-14(13)17-11-10-15(18)12-6-2-1-3-7-12/h1-11,17H/b11-10+. The lowest BCUT2D eigenvalue weighted by Gasteiger charge is -2.02. The fourth-order valence-corrected chi connectivity index (χ4v) is 1.67. The molecule has 0 saturated carbocycles. The Hall–Kier alpha value is -2.06. The van der Waals surface area contributed by atoms with E-state index in [2.05, 4.69) is 5.32 Å². The van der Waals surface area contributed by atoms with Crippen molar-refractivity contribution < 1.29 is 4.79 Å². The summed E-state index contributed by atoms with van der Waals surface area (Å²) >= 11 is 5.98. The van der Waals surface area contributed by atoms with Crippen LogP contribution in [0.4, 0.5) is 5.69 Å². The molecule has 1 N–H and O–H groups in total. The Morgan fingerprint density at radius 2 is 1.67 bits per heavy atom. The second-order valence-electron chi connectivity index (χ2n) is 3.69. The lowest BCUT2D eigenvalue weighted by atomic mass is 10.1. The van der Waals surface area contributed by atoms with Gasteiger partial charge in [-0.05, 0) is 12.1 Å². The molecule has 0 fully saturated rings. The summed E-state index contributed by atoms with van der Waals surface area (Å²) in [5, 5.41) is 3.60. The Morgan fingerprint density at radius 1 is 1.00 bits per heavy atom. The van der Waals surface area contributed by atoms with E-state index in [1.807, 2.05) is 36.4 Å². The van der Waals surface area contributed by atoms with Crippen molar-refractivity contribution in [3.8, 4) is 0 Å². The number of nitrogens with one attached hydrogen (secondary N) is 1. The number of para-hydroxylation sites is 1. The fraction of sp³-hybridized carbons (Fsp3) is 0. The molecule has 3 heteroatoms. The molecule has 2 aromatic rings. The van der Waals surface area contributed by atoms with Gasteiger partial charge < -0.3 is 5.32 Å². The van der Waals surface area contributed by atoms with Gasteiger partial charge in [0.15, 0.2) is 5.78 Å². The van der Waals surface area contributed by atoms with Crippen LogP contribution in [0.15, 0.2) is 66.9 Å². The highest BCUT2D eigenvalue weighted by atomic mass is 35.5. The number of allylic oxidation sites excluding steroid dienone is 1. The molecule has 0 bridgehead atoms. The summed E-state index contributed by atoms with van der Waals surface area (Å²) < 4.78 is 0. The molecule has 18 heavy (non-hydrogen) atoms. The van der Waals surface area contributed by atoms with Crippen LogP contribution in [-0.4, -0.2) is 5.78 Å². The second-order valence-corrected chi connectivity index (χ2v) is 4.09. The van der Waals surface area contributed by atoms with Crippen LogP contribution in [0.25, 0.3) is 0 Å². The lowest BCUT2D eigenvalue weighted by Crippen LogP contribution is -1.95. The van der Waals surface area contributed by atoms with Crippen molar-refractivity contribution in [2.24, 2.45) is 0 Å². The maximum atomic E-state index is 11.8. The van der Waals surface area contributed by atoms with Gasteiger partial charge in [0.2, 0.25) is 0 Å². The maximum absolute atomic E-state index is 11.8. The van der Waals surface area contributed by atoms with Gasteiger partial charge >= 0.3 is 0 Å². The summed E-state index contributed by atoms with van der Waals surface area (Å²) in [5.74, 6) is -0.0462. The third kappa shape index (κ3) is 3.22. The molecule has 0 spiro atoms. The van der Waals surface area contributed by atoms with Crippen molar-refractivity contribution in [1.29, 1.82) is 0 Å². The SMILES string of the molecule is O=C(/C=C/Nc1ccccc1Cl)c1ccccc1. The highest BCUT2D eigenvalue weighted by molar-refractivity contribution is 6.33. The van der Waals surface area contributed by atoms with Crippen molar-refractivity contribution in [3.05, 3.63) is 77.5 Å². The van der Waals surface area contributed by atoms with E-state index in [9.17, 15) is 4.79 Å². The first kappa shape index (κ1) is 12.4. The Labute approximate surface area is 111 Å². The van der Waals surface area contributed by atoms with E-state index < -0.39 is 0 Å². The van der Waals surface area contributed by atoms with Crippen LogP contribution in [0.1, 0.15) is 10.4 Å². The third-order valence-corrected chi connectivity index (χ3v) is 2.74. The minimum Gasteiger partial charge on any atom is -0.360 e. The summed E-state index contributed by atoms with van der Waals surface area (Å²) in [7, 11) is 0. The minimum absolute atomic E-state index is 0.0462. The van der Waals surface area contributed by atoms with Crippen molar-refractivity contribution >= 4 is 23.1 Å². The van der Waals surface area contributed by atoms with Gasteiger partial charge in [-0.25, -0.2) is 0 Å². The second kappa shape index (κ2) is 6.03. The number of hydrogen-bond acceptors (Lipinski definition) is 2. The minimum atomic E-state index is -0.0462. The van der Waals surface area contributed by atoms with E-state index in [-0.39, 0.29) is 5.78 Å². The Bertz CT molecular complexity index is 564. The van der Waals surface area contributed by atoms with E-state index in [1.54, 1.807) is 24.4 Å². The van der Waals surface area contributed by atoms with Gasteiger partial charge in [0.1, 0.15) is 0 Å². The first-order valence-corrected chi connectivity index (χ1v) is 5.92. The lowest BCUT2D eigenvalue weighted by molar-refractivity contribution is 0.104. The Kier molecular flexibility index (Phi) is 4.15. The first-order chi connectivity index (χ1) is 8.77. The van der Waals surface area contributed by atoms with Gasteiger partial charge in [-0.3, -0.25) is 4.79 Å². The van der Waals surface area contributed by atoms with Crippen LogP contribution in [0.2, 0.25) is 5.02 Å². The number of halogens is 1. The number of rotatable bonds is 4. The predicted octanol–water partition coefficient (Wildman–Crippen LogP) is 4.15. The normalized spacial score (nSPS) is 10.5. The topological polar surface area (TPSA) is 29.1 Å².